The van der Waals surface area contributed by atoms with Crippen LogP contribution in [-0.4, -0.2) is 4.98 Å². The van der Waals surface area contributed by atoms with Gasteiger partial charge in [-0.3, -0.25) is 0 Å². The number of rotatable bonds is 2. The van der Waals surface area contributed by atoms with Crippen molar-refractivity contribution in [1.29, 1.82) is 5.26 Å². The predicted molar refractivity (Wildman–Crippen MR) is 83.6 cm³/mol. The topological polar surface area (TPSA) is 45.9 Å². The van der Waals surface area contributed by atoms with Crippen LogP contribution in [0.2, 0.25) is 0 Å². The Kier molecular flexibility index (Phi) is 3.99. The van der Waals surface area contributed by atoms with Gasteiger partial charge in [0.2, 0.25) is 5.88 Å². The van der Waals surface area contributed by atoms with Gasteiger partial charge in [-0.1, -0.05) is 32.9 Å². The van der Waals surface area contributed by atoms with E-state index in [1.54, 1.807) is 6.07 Å². The SMILES string of the molecule is Cc1ccc(C(C)(C)C)c(Oc2nc(C)ccc2C#N)c1. The molecule has 2 rings (SSSR count). The summed E-state index contributed by atoms with van der Waals surface area (Å²) in [7, 11) is 0. The first-order chi connectivity index (χ1) is 9.81. The summed E-state index contributed by atoms with van der Waals surface area (Å²) in [6.45, 7) is 10.3. The minimum Gasteiger partial charge on any atom is -0.437 e. The lowest BCUT2D eigenvalue weighted by atomic mass is 9.86. The molecule has 3 nitrogen and oxygen atoms in total. The van der Waals surface area contributed by atoms with Crippen molar-refractivity contribution in [3.63, 3.8) is 0 Å². The van der Waals surface area contributed by atoms with Gasteiger partial charge in [-0.15, -0.1) is 0 Å². The maximum Gasteiger partial charge on any atom is 0.237 e. The van der Waals surface area contributed by atoms with Crippen molar-refractivity contribution in [2.24, 2.45) is 0 Å². The number of aromatic nitrogens is 1. The Hall–Kier alpha value is -2.34. The zero-order chi connectivity index (χ0) is 15.6. The van der Waals surface area contributed by atoms with Crippen molar-refractivity contribution in [2.45, 2.75) is 40.0 Å². The Morgan fingerprint density at radius 1 is 1.10 bits per heavy atom. The molecule has 1 aromatic heterocycles. The number of pyridine rings is 1. The molecule has 0 radical (unpaired) electrons. The molecule has 1 aromatic carbocycles. The standard InChI is InChI=1S/C18H20N2O/c1-12-6-9-15(18(3,4)5)16(10-12)21-17-14(11-19)8-7-13(2)20-17/h6-10H,1-5H3. The lowest BCUT2D eigenvalue weighted by Crippen LogP contribution is -2.13. The van der Waals surface area contributed by atoms with Crippen LogP contribution in [0.3, 0.4) is 0 Å². The maximum atomic E-state index is 9.20. The molecule has 21 heavy (non-hydrogen) atoms. The summed E-state index contributed by atoms with van der Waals surface area (Å²) in [4.78, 5) is 4.35. The van der Waals surface area contributed by atoms with Crippen LogP contribution < -0.4 is 4.74 Å². The highest BCUT2D eigenvalue weighted by Gasteiger charge is 2.20. The van der Waals surface area contributed by atoms with E-state index in [1.807, 2.05) is 26.0 Å². The molecular formula is C18H20N2O. The highest BCUT2D eigenvalue weighted by molar-refractivity contribution is 5.46. The number of hydrogen-bond donors (Lipinski definition) is 0. The second-order valence-electron chi connectivity index (χ2n) is 6.27. The molecule has 0 amide bonds. The third kappa shape index (κ3) is 3.41. The minimum absolute atomic E-state index is 0.0420. The summed E-state index contributed by atoms with van der Waals surface area (Å²) in [6, 6.07) is 11.8. The van der Waals surface area contributed by atoms with Crippen LogP contribution in [0.25, 0.3) is 0 Å². The summed E-state index contributed by atoms with van der Waals surface area (Å²) in [5, 5.41) is 9.20. The quantitative estimate of drug-likeness (QED) is 0.803. The van der Waals surface area contributed by atoms with Crippen molar-refractivity contribution in [3.8, 4) is 17.7 Å². The lowest BCUT2D eigenvalue weighted by Gasteiger charge is -2.23. The van der Waals surface area contributed by atoms with Gasteiger partial charge in [0.25, 0.3) is 0 Å². The Labute approximate surface area is 126 Å². The summed E-state index contributed by atoms with van der Waals surface area (Å²) in [5.74, 6) is 1.13. The van der Waals surface area contributed by atoms with Crippen LogP contribution in [0.4, 0.5) is 0 Å². The average molecular weight is 280 g/mol. The van der Waals surface area contributed by atoms with Crippen LogP contribution >= 0.6 is 0 Å². The van der Waals surface area contributed by atoms with E-state index in [-0.39, 0.29) is 5.41 Å². The molecule has 0 N–H and O–H groups in total. The normalized spacial score (nSPS) is 11.0. The van der Waals surface area contributed by atoms with Gasteiger partial charge >= 0.3 is 0 Å². The predicted octanol–water partition coefficient (Wildman–Crippen LogP) is 4.66. The molecule has 0 unspecified atom stereocenters. The fourth-order valence-corrected chi connectivity index (χ4v) is 2.13. The molecule has 1 heterocycles. The number of hydrogen-bond acceptors (Lipinski definition) is 3. The summed E-state index contributed by atoms with van der Waals surface area (Å²) in [6.07, 6.45) is 0. The Morgan fingerprint density at radius 3 is 2.43 bits per heavy atom. The highest BCUT2D eigenvalue weighted by Crippen LogP contribution is 2.35. The largest absolute Gasteiger partial charge is 0.437 e. The van der Waals surface area contributed by atoms with Crippen molar-refractivity contribution in [2.75, 3.05) is 0 Å². The number of nitrogens with zero attached hydrogens (tertiary/aromatic N) is 2. The Morgan fingerprint density at radius 2 is 1.81 bits per heavy atom. The fraction of sp³-hybridized carbons (Fsp3) is 0.333. The fourth-order valence-electron chi connectivity index (χ4n) is 2.13. The van der Waals surface area contributed by atoms with E-state index >= 15 is 0 Å². The Balaban J connectivity index is 2.52. The lowest BCUT2D eigenvalue weighted by molar-refractivity contribution is 0.437. The second kappa shape index (κ2) is 5.57. The van der Waals surface area contributed by atoms with Crippen molar-refractivity contribution in [1.82, 2.24) is 4.98 Å². The van der Waals surface area contributed by atoms with Gasteiger partial charge in [0.1, 0.15) is 17.4 Å². The molecule has 0 aliphatic carbocycles. The third-order valence-corrected chi connectivity index (χ3v) is 3.27. The molecule has 2 aromatic rings. The number of aryl methyl sites for hydroxylation is 2. The van der Waals surface area contributed by atoms with Crippen LogP contribution in [0.5, 0.6) is 11.6 Å². The van der Waals surface area contributed by atoms with Gasteiger partial charge in [0, 0.05) is 11.3 Å². The van der Waals surface area contributed by atoms with Gasteiger partial charge in [-0.2, -0.15) is 5.26 Å². The molecule has 0 aliphatic heterocycles. The van der Waals surface area contributed by atoms with E-state index in [1.165, 1.54) is 0 Å². The molecule has 3 heteroatoms. The maximum absolute atomic E-state index is 9.20. The van der Waals surface area contributed by atoms with Gasteiger partial charge in [-0.25, -0.2) is 4.98 Å². The molecule has 108 valence electrons. The first kappa shape index (κ1) is 15.1. The zero-order valence-electron chi connectivity index (χ0n) is 13.2. The molecule has 0 fully saturated rings. The van der Waals surface area contributed by atoms with E-state index in [2.05, 4.69) is 44.0 Å². The zero-order valence-corrected chi connectivity index (χ0v) is 13.2. The second-order valence-corrected chi connectivity index (χ2v) is 6.27. The van der Waals surface area contributed by atoms with Crippen LogP contribution in [0.1, 0.15) is 43.2 Å². The van der Waals surface area contributed by atoms with Crippen molar-refractivity contribution >= 4 is 0 Å². The van der Waals surface area contributed by atoms with Crippen LogP contribution in [0.15, 0.2) is 30.3 Å². The molecule has 0 bridgehead atoms. The molecular weight excluding hydrogens is 260 g/mol. The highest BCUT2D eigenvalue weighted by atomic mass is 16.5. The van der Waals surface area contributed by atoms with Gasteiger partial charge in [-0.05, 0) is 43.0 Å². The van der Waals surface area contributed by atoms with Crippen LogP contribution in [0, 0.1) is 25.2 Å². The van der Waals surface area contributed by atoms with Gasteiger partial charge in [0.15, 0.2) is 0 Å². The number of benzene rings is 1. The van der Waals surface area contributed by atoms with Crippen molar-refractivity contribution in [3.05, 3.63) is 52.7 Å². The minimum atomic E-state index is -0.0420. The van der Waals surface area contributed by atoms with E-state index < -0.39 is 0 Å². The number of nitriles is 1. The smallest absolute Gasteiger partial charge is 0.237 e. The molecule has 0 spiro atoms. The first-order valence-electron chi connectivity index (χ1n) is 6.98. The molecule has 0 saturated heterocycles. The van der Waals surface area contributed by atoms with Crippen molar-refractivity contribution < 1.29 is 4.74 Å². The van der Waals surface area contributed by atoms with Gasteiger partial charge < -0.3 is 4.74 Å². The monoisotopic (exact) mass is 280 g/mol. The number of ether oxygens (including phenoxy) is 1. The van der Waals surface area contributed by atoms with Crippen LogP contribution in [-0.2, 0) is 5.41 Å². The van der Waals surface area contributed by atoms with E-state index in [0.717, 1.165) is 22.6 Å². The third-order valence-electron chi connectivity index (χ3n) is 3.27. The van der Waals surface area contributed by atoms with E-state index in [9.17, 15) is 5.26 Å². The Bertz CT molecular complexity index is 706. The summed E-state index contributed by atoms with van der Waals surface area (Å²) in [5.41, 5.74) is 3.44. The van der Waals surface area contributed by atoms with E-state index in [4.69, 9.17) is 4.74 Å². The summed E-state index contributed by atoms with van der Waals surface area (Å²) < 4.78 is 5.99. The summed E-state index contributed by atoms with van der Waals surface area (Å²) >= 11 is 0. The molecule has 0 saturated carbocycles. The average Bonchev–Trinajstić information content (AvgIpc) is 2.37. The van der Waals surface area contributed by atoms with Gasteiger partial charge in [0.05, 0.1) is 0 Å². The molecule has 0 aliphatic rings. The first-order valence-corrected chi connectivity index (χ1v) is 6.98. The van der Waals surface area contributed by atoms with E-state index in [0.29, 0.717) is 11.4 Å². The molecule has 0 atom stereocenters.